The number of aliphatic hydroxyl groups excluding tert-OH is 1. The van der Waals surface area contributed by atoms with Crippen molar-refractivity contribution in [2.45, 2.75) is 38.0 Å². The zero-order valence-electron chi connectivity index (χ0n) is 18.1. The maximum absolute atomic E-state index is 13.2. The highest BCUT2D eigenvalue weighted by Crippen LogP contribution is 2.25. The standard InChI is InChI=1S/C24H28N4O4/c1-27(23(31)12-16-5-6-17-13-21(30)26-20(17)10-16)22(28-8-7-19(29)14-28)11-15-3-2-4-18(9-15)24(25)32/h2-6,9-10,19,22,29H,7-8,11-14H2,1H3,(H2,25,32)(H,26,30)/t19-,22+/m0/s1. The van der Waals surface area contributed by atoms with Crippen LogP contribution in [0.25, 0.3) is 0 Å². The molecule has 2 aromatic carbocycles. The van der Waals surface area contributed by atoms with Crippen molar-refractivity contribution in [1.82, 2.24) is 9.80 Å². The van der Waals surface area contributed by atoms with Gasteiger partial charge in [0.1, 0.15) is 0 Å². The molecule has 8 nitrogen and oxygen atoms in total. The molecule has 2 aromatic rings. The highest BCUT2D eigenvalue weighted by atomic mass is 16.3. The first kappa shape index (κ1) is 22.0. The summed E-state index contributed by atoms with van der Waals surface area (Å²) in [6.07, 6.45) is 1.05. The number of anilines is 1. The first-order valence-electron chi connectivity index (χ1n) is 10.8. The Morgan fingerprint density at radius 3 is 2.78 bits per heavy atom. The van der Waals surface area contributed by atoms with Crippen LogP contribution in [0, 0.1) is 0 Å². The van der Waals surface area contributed by atoms with Gasteiger partial charge in [-0.2, -0.15) is 0 Å². The Morgan fingerprint density at radius 2 is 2.06 bits per heavy atom. The Kier molecular flexibility index (Phi) is 6.25. The molecule has 2 aliphatic heterocycles. The number of nitrogens with two attached hydrogens (primary N) is 1. The monoisotopic (exact) mass is 436 g/mol. The Morgan fingerprint density at radius 1 is 1.25 bits per heavy atom. The maximum atomic E-state index is 13.2. The first-order valence-corrected chi connectivity index (χ1v) is 10.8. The third-order valence-corrected chi connectivity index (χ3v) is 6.24. The van der Waals surface area contributed by atoms with E-state index in [-0.39, 0.29) is 24.4 Å². The quantitative estimate of drug-likeness (QED) is 0.597. The molecule has 2 atom stereocenters. The molecule has 4 rings (SSSR count). The fourth-order valence-corrected chi connectivity index (χ4v) is 4.45. The highest BCUT2D eigenvalue weighted by molar-refractivity contribution is 5.99. The minimum absolute atomic E-state index is 0.0357. The Balaban J connectivity index is 1.52. The zero-order chi connectivity index (χ0) is 22.8. The summed E-state index contributed by atoms with van der Waals surface area (Å²) in [5.74, 6) is -0.591. The molecule has 0 saturated carbocycles. The second kappa shape index (κ2) is 9.10. The molecule has 0 aromatic heterocycles. The molecule has 0 aliphatic carbocycles. The van der Waals surface area contributed by atoms with E-state index in [4.69, 9.17) is 5.73 Å². The highest BCUT2D eigenvalue weighted by Gasteiger charge is 2.32. The number of aliphatic hydroxyl groups is 1. The summed E-state index contributed by atoms with van der Waals surface area (Å²) in [6.45, 7) is 1.17. The summed E-state index contributed by atoms with van der Waals surface area (Å²) in [7, 11) is 1.77. The minimum Gasteiger partial charge on any atom is -0.392 e. The summed E-state index contributed by atoms with van der Waals surface area (Å²) in [6, 6.07) is 12.7. The number of amides is 3. The molecule has 0 radical (unpaired) electrons. The number of β-amino-alcohol motifs (C(OH)–C–C–N with tert-alkyl or cyclic N) is 1. The molecule has 2 aliphatic rings. The number of likely N-dealkylation sites (N-methyl/N-ethyl adjacent to an activating group) is 1. The van der Waals surface area contributed by atoms with Crippen LogP contribution in [-0.4, -0.2) is 65.0 Å². The first-order chi connectivity index (χ1) is 15.3. The lowest BCUT2D eigenvalue weighted by atomic mass is 10.0. The average Bonchev–Trinajstić information content (AvgIpc) is 3.35. The topological polar surface area (TPSA) is 116 Å². The second-order valence-electron chi connectivity index (χ2n) is 8.58. The molecule has 1 fully saturated rings. The molecular weight excluding hydrogens is 408 g/mol. The van der Waals surface area contributed by atoms with Crippen LogP contribution in [-0.2, 0) is 28.9 Å². The van der Waals surface area contributed by atoms with Crippen LogP contribution in [0.5, 0.6) is 0 Å². The third kappa shape index (κ3) is 4.81. The number of rotatable bonds is 7. The SMILES string of the molecule is CN(C(=O)Cc1ccc2c(c1)NC(=O)C2)[C@@H](Cc1cccc(C(N)=O)c1)N1CC[C@H](O)C1. The summed E-state index contributed by atoms with van der Waals surface area (Å²) < 4.78 is 0. The van der Waals surface area contributed by atoms with E-state index < -0.39 is 12.0 Å². The number of primary amides is 1. The summed E-state index contributed by atoms with van der Waals surface area (Å²) in [4.78, 5) is 40.2. The van der Waals surface area contributed by atoms with E-state index in [1.807, 2.05) is 24.3 Å². The molecule has 4 N–H and O–H groups in total. The molecule has 3 amide bonds. The van der Waals surface area contributed by atoms with Gasteiger partial charge in [-0.05, 0) is 41.3 Å². The van der Waals surface area contributed by atoms with E-state index >= 15 is 0 Å². The van der Waals surface area contributed by atoms with Gasteiger partial charge in [-0.15, -0.1) is 0 Å². The minimum atomic E-state index is -0.492. The van der Waals surface area contributed by atoms with Crippen LogP contribution in [0.3, 0.4) is 0 Å². The van der Waals surface area contributed by atoms with E-state index in [9.17, 15) is 19.5 Å². The molecule has 0 spiro atoms. The lowest BCUT2D eigenvalue weighted by molar-refractivity contribution is -0.134. The Hall–Kier alpha value is -3.23. The van der Waals surface area contributed by atoms with E-state index in [0.717, 1.165) is 22.4 Å². The average molecular weight is 437 g/mol. The van der Waals surface area contributed by atoms with E-state index in [1.165, 1.54) is 0 Å². The van der Waals surface area contributed by atoms with Crippen molar-refractivity contribution in [2.75, 3.05) is 25.5 Å². The van der Waals surface area contributed by atoms with Gasteiger partial charge in [-0.3, -0.25) is 19.3 Å². The largest absolute Gasteiger partial charge is 0.392 e. The normalized spacial score (nSPS) is 18.8. The van der Waals surface area contributed by atoms with E-state index in [2.05, 4.69) is 10.2 Å². The molecule has 1 saturated heterocycles. The van der Waals surface area contributed by atoms with E-state index in [0.29, 0.717) is 37.9 Å². The number of carbonyl (C=O) groups excluding carboxylic acids is 3. The maximum Gasteiger partial charge on any atom is 0.248 e. The number of hydrogen-bond acceptors (Lipinski definition) is 5. The van der Waals surface area contributed by atoms with Crippen molar-refractivity contribution >= 4 is 23.4 Å². The van der Waals surface area contributed by atoms with Gasteiger partial charge in [0, 0.05) is 37.8 Å². The Bertz CT molecular complexity index is 1050. The van der Waals surface area contributed by atoms with E-state index in [1.54, 1.807) is 30.1 Å². The van der Waals surface area contributed by atoms with Gasteiger partial charge in [0.2, 0.25) is 17.7 Å². The van der Waals surface area contributed by atoms with Crippen LogP contribution in [0.1, 0.15) is 33.5 Å². The summed E-state index contributed by atoms with van der Waals surface area (Å²) in [5, 5.41) is 12.9. The fourth-order valence-electron chi connectivity index (χ4n) is 4.45. The van der Waals surface area contributed by atoms with Crippen LogP contribution in [0.15, 0.2) is 42.5 Å². The second-order valence-corrected chi connectivity index (χ2v) is 8.58. The molecule has 0 unspecified atom stereocenters. The van der Waals surface area contributed by atoms with Gasteiger partial charge in [0.25, 0.3) is 0 Å². The van der Waals surface area contributed by atoms with Gasteiger partial charge in [0.05, 0.1) is 25.1 Å². The lowest BCUT2D eigenvalue weighted by Crippen LogP contribution is -2.50. The van der Waals surface area contributed by atoms with Gasteiger partial charge < -0.3 is 21.1 Å². The number of nitrogens with one attached hydrogen (secondary N) is 1. The number of nitrogens with zero attached hydrogens (tertiary/aromatic N) is 2. The molecular formula is C24H28N4O4. The fraction of sp³-hybridized carbons (Fsp3) is 0.375. The van der Waals surface area contributed by atoms with Crippen molar-refractivity contribution in [3.63, 3.8) is 0 Å². The van der Waals surface area contributed by atoms with Crippen molar-refractivity contribution in [3.8, 4) is 0 Å². The van der Waals surface area contributed by atoms with Crippen molar-refractivity contribution in [2.24, 2.45) is 5.73 Å². The van der Waals surface area contributed by atoms with Crippen molar-refractivity contribution in [1.29, 1.82) is 0 Å². The lowest BCUT2D eigenvalue weighted by Gasteiger charge is -2.36. The predicted molar refractivity (Wildman–Crippen MR) is 120 cm³/mol. The van der Waals surface area contributed by atoms with Gasteiger partial charge in [-0.25, -0.2) is 0 Å². The number of likely N-dealkylation sites (tertiary alicyclic amines) is 1. The molecule has 168 valence electrons. The summed E-state index contributed by atoms with van der Waals surface area (Å²) in [5.41, 5.74) is 9.29. The zero-order valence-corrected chi connectivity index (χ0v) is 18.1. The molecule has 2 heterocycles. The van der Waals surface area contributed by atoms with Crippen LogP contribution < -0.4 is 11.1 Å². The van der Waals surface area contributed by atoms with Crippen molar-refractivity contribution < 1.29 is 19.5 Å². The third-order valence-electron chi connectivity index (χ3n) is 6.24. The van der Waals surface area contributed by atoms with Crippen LogP contribution in [0.4, 0.5) is 5.69 Å². The molecule has 8 heteroatoms. The number of fused-ring (bicyclic) bond motifs is 1. The van der Waals surface area contributed by atoms with Crippen molar-refractivity contribution in [3.05, 3.63) is 64.7 Å². The molecule has 32 heavy (non-hydrogen) atoms. The van der Waals surface area contributed by atoms with Crippen LogP contribution in [0.2, 0.25) is 0 Å². The Labute approximate surface area is 187 Å². The number of hydrogen-bond donors (Lipinski definition) is 3. The smallest absolute Gasteiger partial charge is 0.248 e. The number of carbonyl (C=O) groups is 3. The predicted octanol–water partition coefficient (Wildman–Crippen LogP) is 0.916. The molecule has 0 bridgehead atoms. The number of benzene rings is 2. The van der Waals surface area contributed by atoms with Gasteiger partial charge in [-0.1, -0.05) is 24.3 Å². The van der Waals surface area contributed by atoms with Crippen LogP contribution >= 0.6 is 0 Å². The van der Waals surface area contributed by atoms with Gasteiger partial charge >= 0.3 is 0 Å². The van der Waals surface area contributed by atoms with Gasteiger partial charge in [0.15, 0.2) is 0 Å². The summed E-state index contributed by atoms with van der Waals surface area (Å²) >= 11 is 0.